The number of nitrogen functional groups attached to an aromatic ring is 1. The molecule has 0 amide bonds. The zero-order valence-electron chi connectivity index (χ0n) is 7.81. The van der Waals surface area contributed by atoms with E-state index in [2.05, 4.69) is 4.98 Å². The molecular weight excluding hydrogens is 232 g/mol. The van der Waals surface area contributed by atoms with E-state index < -0.39 is 0 Å². The van der Waals surface area contributed by atoms with Crippen molar-refractivity contribution in [3.63, 3.8) is 0 Å². The fourth-order valence-electron chi connectivity index (χ4n) is 1.10. The zero-order valence-corrected chi connectivity index (χ0v) is 9.39. The summed E-state index contributed by atoms with van der Waals surface area (Å²) in [6.07, 6.45) is 3.17. The van der Waals surface area contributed by atoms with E-state index in [1.807, 2.05) is 12.1 Å². The number of nitrogens with zero attached hydrogens (tertiary/aromatic N) is 1. The molecule has 0 unspecified atom stereocenters. The van der Waals surface area contributed by atoms with E-state index in [0.29, 0.717) is 15.9 Å². The normalized spacial score (nSPS) is 10.5. The van der Waals surface area contributed by atoms with Gasteiger partial charge in [0.15, 0.2) is 0 Å². The molecule has 0 aliphatic carbocycles. The van der Waals surface area contributed by atoms with Crippen LogP contribution in [0.4, 0.5) is 5.69 Å². The highest BCUT2D eigenvalue weighted by molar-refractivity contribution is 7.98. The van der Waals surface area contributed by atoms with Gasteiger partial charge in [-0.15, -0.1) is 0 Å². The summed E-state index contributed by atoms with van der Waals surface area (Å²) in [7, 11) is 0. The molecule has 0 fully saturated rings. The number of benzene rings is 1. The Hall–Kier alpha value is -1.13. The predicted molar refractivity (Wildman–Crippen MR) is 61.9 cm³/mol. The van der Waals surface area contributed by atoms with Gasteiger partial charge in [0.25, 0.3) is 5.22 Å². The van der Waals surface area contributed by atoms with Crippen molar-refractivity contribution in [3.8, 4) is 0 Å². The molecule has 0 spiro atoms. The van der Waals surface area contributed by atoms with Gasteiger partial charge in [0.2, 0.25) is 0 Å². The summed E-state index contributed by atoms with van der Waals surface area (Å²) in [5.74, 6) is 0.722. The van der Waals surface area contributed by atoms with Gasteiger partial charge in [-0.3, -0.25) is 0 Å². The molecule has 1 heterocycles. The lowest BCUT2D eigenvalue weighted by Crippen LogP contribution is -1.87. The number of aromatic nitrogens is 1. The van der Waals surface area contributed by atoms with Crippen molar-refractivity contribution in [3.05, 3.63) is 41.2 Å². The standard InChI is InChI=1S/C10H9ClN2OS/c11-9-5-8(12)2-1-7(9)6-15-10-13-3-4-14-10/h1-5H,6,12H2. The minimum atomic E-state index is 0.642. The summed E-state index contributed by atoms with van der Waals surface area (Å²) < 4.78 is 5.10. The molecule has 15 heavy (non-hydrogen) atoms. The van der Waals surface area contributed by atoms with Crippen LogP contribution >= 0.6 is 23.4 Å². The Bertz CT molecular complexity index is 445. The number of hydrogen-bond acceptors (Lipinski definition) is 4. The minimum Gasteiger partial charge on any atom is -0.440 e. The number of nitrogens with two attached hydrogens (primary N) is 1. The molecule has 0 radical (unpaired) electrons. The molecule has 1 aromatic heterocycles. The van der Waals surface area contributed by atoms with E-state index in [-0.39, 0.29) is 0 Å². The molecule has 3 nitrogen and oxygen atoms in total. The quantitative estimate of drug-likeness (QED) is 0.661. The number of hydrogen-bond donors (Lipinski definition) is 1. The number of anilines is 1. The van der Waals surface area contributed by atoms with E-state index in [1.165, 1.54) is 11.8 Å². The summed E-state index contributed by atoms with van der Waals surface area (Å²) in [6, 6.07) is 5.48. The van der Waals surface area contributed by atoms with E-state index in [0.717, 1.165) is 11.3 Å². The second-order valence-electron chi connectivity index (χ2n) is 2.94. The van der Waals surface area contributed by atoms with Gasteiger partial charge in [-0.2, -0.15) is 0 Å². The van der Waals surface area contributed by atoms with Crippen molar-refractivity contribution in [1.82, 2.24) is 4.98 Å². The first-order valence-electron chi connectivity index (χ1n) is 4.32. The second-order valence-corrected chi connectivity index (χ2v) is 4.27. The first-order valence-corrected chi connectivity index (χ1v) is 5.68. The summed E-state index contributed by atoms with van der Waals surface area (Å²) in [5.41, 5.74) is 7.29. The third kappa shape index (κ3) is 2.67. The maximum Gasteiger partial charge on any atom is 0.255 e. The third-order valence-electron chi connectivity index (χ3n) is 1.84. The molecule has 2 rings (SSSR count). The molecule has 0 aliphatic rings. The molecule has 0 atom stereocenters. The molecule has 5 heteroatoms. The van der Waals surface area contributed by atoms with Gasteiger partial charge in [-0.25, -0.2) is 4.98 Å². The summed E-state index contributed by atoms with van der Waals surface area (Å²) in [5, 5.41) is 1.32. The van der Waals surface area contributed by atoms with Crippen LogP contribution in [0, 0.1) is 0 Å². The van der Waals surface area contributed by atoms with Crippen LogP contribution in [-0.2, 0) is 5.75 Å². The van der Waals surface area contributed by atoms with Gasteiger partial charge in [-0.1, -0.05) is 29.4 Å². The lowest BCUT2D eigenvalue weighted by atomic mass is 10.2. The van der Waals surface area contributed by atoms with Crippen molar-refractivity contribution in [1.29, 1.82) is 0 Å². The van der Waals surface area contributed by atoms with Gasteiger partial charge in [0.1, 0.15) is 6.26 Å². The molecule has 2 N–H and O–H groups in total. The summed E-state index contributed by atoms with van der Waals surface area (Å²) >= 11 is 7.52. The highest BCUT2D eigenvalue weighted by Crippen LogP contribution is 2.26. The van der Waals surface area contributed by atoms with Crippen LogP contribution in [0.5, 0.6) is 0 Å². The Morgan fingerprint density at radius 1 is 1.47 bits per heavy atom. The minimum absolute atomic E-state index is 0.642. The van der Waals surface area contributed by atoms with Crippen LogP contribution < -0.4 is 5.73 Å². The maximum atomic E-state index is 6.03. The van der Waals surface area contributed by atoms with Crippen LogP contribution in [0.1, 0.15) is 5.56 Å². The van der Waals surface area contributed by atoms with Crippen molar-refractivity contribution < 1.29 is 4.42 Å². The number of halogens is 1. The molecule has 0 bridgehead atoms. The molecule has 78 valence electrons. The van der Waals surface area contributed by atoms with Gasteiger partial charge in [0, 0.05) is 16.5 Å². The lowest BCUT2D eigenvalue weighted by Gasteiger charge is -2.02. The first kappa shape index (κ1) is 10.4. The maximum absolute atomic E-state index is 6.03. The summed E-state index contributed by atoms with van der Waals surface area (Å²) in [4.78, 5) is 4.01. The largest absolute Gasteiger partial charge is 0.440 e. The number of rotatable bonds is 3. The van der Waals surface area contributed by atoms with Gasteiger partial charge < -0.3 is 10.2 Å². The molecule has 2 aromatic rings. The second kappa shape index (κ2) is 4.59. The Kier molecular flexibility index (Phi) is 3.18. The van der Waals surface area contributed by atoms with Gasteiger partial charge in [-0.05, 0) is 17.7 Å². The van der Waals surface area contributed by atoms with E-state index >= 15 is 0 Å². The van der Waals surface area contributed by atoms with Crippen LogP contribution in [0.15, 0.2) is 40.3 Å². The zero-order chi connectivity index (χ0) is 10.7. The average molecular weight is 241 g/mol. The summed E-state index contributed by atoms with van der Waals surface area (Å²) in [6.45, 7) is 0. The Morgan fingerprint density at radius 3 is 3.00 bits per heavy atom. The highest BCUT2D eigenvalue weighted by atomic mass is 35.5. The van der Waals surface area contributed by atoms with Gasteiger partial charge >= 0.3 is 0 Å². The molecule has 1 aromatic carbocycles. The average Bonchev–Trinajstić information content (AvgIpc) is 2.69. The first-order chi connectivity index (χ1) is 7.25. The monoisotopic (exact) mass is 240 g/mol. The Morgan fingerprint density at radius 2 is 2.33 bits per heavy atom. The molecule has 0 saturated carbocycles. The van der Waals surface area contributed by atoms with Crippen molar-refractivity contribution >= 4 is 29.1 Å². The molecule has 0 aliphatic heterocycles. The molecular formula is C10H9ClN2OS. The lowest BCUT2D eigenvalue weighted by molar-refractivity contribution is 0.454. The predicted octanol–water partition coefficient (Wildman–Crippen LogP) is 3.20. The van der Waals surface area contributed by atoms with Gasteiger partial charge in [0.05, 0.1) is 6.20 Å². The van der Waals surface area contributed by atoms with Crippen molar-refractivity contribution in [2.75, 3.05) is 5.73 Å². The topological polar surface area (TPSA) is 52.0 Å². The van der Waals surface area contributed by atoms with Crippen LogP contribution in [0.3, 0.4) is 0 Å². The van der Waals surface area contributed by atoms with E-state index in [9.17, 15) is 0 Å². The SMILES string of the molecule is Nc1ccc(CSc2ncco2)c(Cl)c1. The van der Waals surface area contributed by atoms with Crippen LogP contribution in [-0.4, -0.2) is 4.98 Å². The van der Waals surface area contributed by atoms with Crippen molar-refractivity contribution in [2.45, 2.75) is 11.0 Å². The molecule has 0 saturated heterocycles. The van der Waals surface area contributed by atoms with E-state index in [1.54, 1.807) is 18.5 Å². The smallest absolute Gasteiger partial charge is 0.255 e. The fourth-order valence-corrected chi connectivity index (χ4v) is 2.23. The Labute approximate surface area is 96.6 Å². The Balaban J connectivity index is 2.05. The number of thioether (sulfide) groups is 1. The van der Waals surface area contributed by atoms with Crippen LogP contribution in [0.2, 0.25) is 5.02 Å². The fraction of sp³-hybridized carbons (Fsp3) is 0.100. The van der Waals surface area contributed by atoms with Crippen molar-refractivity contribution in [2.24, 2.45) is 0 Å². The third-order valence-corrected chi connectivity index (χ3v) is 3.09. The number of oxazole rings is 1. The van der Waals surface area contributed by atoms with E-state index in [4.69, 9.17) is 21.8 Å². The van der Waals surface area contributed by atoms with Crippen LogP contribution in [0.25, 0.3) is 0 Å². The highest BCUT2D eigenvalue weighted by Gasteiger charge is 2.04.